The van der Waals surface area contributed by atoms with Gasteiger partial charge >= 0.3 is 0 Å². The van der Waals surface area contributed by atoms with Crippen LogP contribution in [0.2, 0.25) is 0 Å². The largest absolute Gasteiger partial charge is 0.378 e. The fourth-order valence-corrected chi connectivity index (χ4v) is 4.06. The van der Waals surface area contributed by atoms with E-state index in [1.165, 1.54) is 12.8 Å². The Morgan fingerprint density at radius 1 is 1.32 bits per heavy atom. The summed E-state index contributed by atoms with van der Waals surface area (Å²) in [6, 6.07) is 0.597. The zero-order valence-corrected chi connectivity index (χ0v) is 13.5. The van der Waals surface area contributed by atoms with Crippen molar-refractivity contribution in [2.75, 3.05) is 32.6 Å². The molecule has 0 radical (unpaired) electrons. The van der Waals surface area contributed by atoms with Gasteiger partial charge in [0.1, 0.15) is 0 Å². The van der Waals surface area contributed by atoms with Crippen LogP contribution in [0.4, 0.5) is 0 Å². The van der Waals surface area contributed by atoms with Gasteiger partial charge in [0.05, 0.1) is 12.2 Å². The quantitative estimate of drug-likeness (QED) is 0.814. The second-order valence-corrected chi connectivity index (χ2v) is 7.27. The average molecular weight is 287 g/mol. The fourth-order valence-electron chi connectivity index (χ4n) is 3.26. The topological polar surface area (TPSA) is 30.5 Å². The summed E-state index contributed by atoms with van der Waals surface area (Å²) in [6.07, 6.45) is 8.03. The van der Waals surface area contributed by atoms with E-state index >= 15 is 0 Å². The number of ether oxygens (including phenoxy) is 2. The first-order chi connectivity index (χ1) is 9.17. The van der Waals surface area contributed by atoms with E-state index in [0.29, 0.717) is 10.8 Å². The number of nitrogens with one attached hydrogen (secondary N) is 1. The van der Waals surface area contributed by atoms with Crippen LogP contribution in [-0.4, -0.2) is 49.0 Å². The molecular weight excluding hydrogens is 258 g/mol. The van der Waals surface area contributed by atoms with Crippen molar-refractivity contribution in [2.45, 2.75) is 62.3 Å². The Bertz CT molecular complexity index is 267. The molecule has 112 valence electrons. The molecule has 0 aromatic rings. The highest BCUT2D eigenvalue weighted by Gasteiger charge is 2.41. The third-order valence-electron chi connectivity index (χ3n) is 4.99. The molecule has 2 aliphatic heterocycles. The Balaban J connectivity index is 1.85. The number of hydrogen-bond acceptors (Lipinski definition) is 4. The molecule has 2 unspecified atom stereocenters. The van der Waals surface area contributed by atoms with Gasteiger partial charge in [-0.15, -0.1) is 0 Å². The van der Waals surface area contributed by atoms with Crippen molar-refractivity contribution in [2.24, 2.45) is 0 Å². The molecule has 2 atom stereocenters. The normalized spacial score (nSPS) is 32.1. The lowest BCUT2D eigenvalue weighted by Crippen LogP contribution is -2.50. The van der Waals surface area contributed by atoms with E-state index in [1.807, 2.05) is 11.8 Å². The predicted molar refractivity (Wildman–Crippen MR) is 82.0 cm³/mol. The monoisotopic (exact) mass is 287 g/mol. The minimum atomic E-state index is 0.0242. The molecule has 19 heavy (non-hydrogen) atoms. The summed E-state index contributed by atoms with van der Waals surface area (Å²) in [7, 11) is 0. The maximum absolute atomic E-state index is 6.00. The molecule has 0 amide bonds. The SMILES string of the molecule is CCC(CC)(CNC1CCOC2(CCOC2)C1)SC. The lowest BCUT2D eigenvalue weighted by atomic mass is 9.89. The molecule has 0 aromatic heterocycles. The van der Waals surface area contributed by atoms with Crippen LogP contribution >= 0.6 is 11.8 Å². The van der Waals surface area contributed by atoms with Crippen molar-refractivity contribution in [1.29, 1.82) is 0 Å². The van der Waals surface area contributed by atoms with Crippen LogP contribution in [0.5, 0.6) is 0 Å². The Labute approximate surface area is 122 Å². The van der Waals surface area contributed by atoms with Crippen molar-refractivity contribution in [3.63, 3.8) is 0 Å². The van der Waals surface area contributed by atoms with Gasteiger partial charge in [-0.1, -0.05) is 13.8 Å². The van der Waals surface area contributed by atoms with Crippen molar-refractivity contribution >= 4 is 11.8 Å². The van der Waals surface area contributed by atoms with Gasteiger partial charge in [0.25, 0.3) is 0 Å². The van der Waals surface area contributed by atoms with E-state index in [-0.39, 0.29) is 5.60 Å². The van der Waals surface area contributed by atoms with Gasteiger partial charge in [0.2, 0.25) is 0 Å². The summed E-state index contributed by atoms with van der Waals surface area (Å²) in [4.78, 5) is 0. The van der Waals surface area contributed by atoms with Crippen molar-refractivity contribution in [1.82, 2.24) is 5.32 Å². The Morgan fingerprint density at radius 3 is 2.68 bits per heavy atom. The van der Waals surface area contributed by atoms with E-state index < -0.39 is 0 Å². The zero-order chi connectivity index (χ0) is 13.8. The average Bonchev–Trinajstić information content (AvgIpc) is 2.89. The second-order valence-electron chi connectivity index (χ2n) is 6.00. The van der Waals surface area contributed by atoms with Crippen molar-refractivity contribution in [3.05, 3.63) is 0 Å². The van der Waals surface area contributed by atoms with E-state index in [1.54, 1.807) is 0 Å². The van der Waals surface area contributed by atoms with Gasteiger partial charge in [0, 0.05) is 37.0 Å². The molecule has 2 saturated heterocycles. The summed E-state index contributed by atoms with van der Waals surface area (Å²) < 4.78 is 11.9. The maximum Gasteiger partial charge on any atom is 0.0951 e. The summed E-state index contributed by atoms with van der Waals surface area (Å²) in [5.74, 6) is 0. The molecule has 0 saturated carbocycles. The molecule has 1 spiro atoms. The van der Waals surface area contributed by atoms with Crippen molar-refractivity contribution < 1.29 is 9.47 Å². The molecule has 4 heteroatoms. The summed E-state index contributed by atoms with van der Waals surface area (Å²) >= 11 is 2.01. The Morgan fingerprint density at radius 2 is 2.11 bits per heavy atom. The maximum atomic E-state index is 6.00. The van der Waals surface area contributed by atoms with E-state index in [9.17, 15) is 0 Å². The summed E-state index contributed by atoms with van der Waals surface area (Å²) in [5.41, 5.74) is 0.0242. The predicted octanol–water partition coefficient (Wildman–Crippen LogP) is 2.84. The van der Waals surface area contributed by atoms with Crippen LogP contribution < -0.4 is 5.32 Å². The van der Waals surface area contributed by atoms with Gasteiger partial charge < -0.3 is 14.8 Å². The number of hydrogen-bond donors (Lipinski definition) is 1. The standard InChI is InChI=1S/C15H29NO2S/c1-4-15(5-2,19-3)11-16-13-6-8-18-14(10-13)7-9-17-12-14/h13,16H,4-12H2,1-3H3. The lowest BCUT2D eigenvalue weighted by molar-refractivity contribution is -0.0894. The molecule has 2 aliphatic rings. The van der Waals surface area contributed by atoms with Crippen molar-refractivity contribution in [3.8, 4) is 0 Å². The molecule has 2 fully saturated rings. The molecule has 3 nitrogen and oxygen atoms in total. The molecule has 0 aromatic carbocycles. The van der Waals surface area contributed by atoms with Crippen LogP contribution in [0, 0.1) is 0 Å². The highest BCUT2D eigenvalue weighted by molar-refractivity contribution is 8.00. The van der Waals surface area contributed by atoms with E-state index in [0.717, 1.165) is 45.6 Å². The summed E-state index contributed by atoms with van der Waals surface area (Å²) in [5, 5.41) is 3.81. The molecular formula is C15H29NO2S. The highest BCUT2D eigenvalue weighted by Crippen LogP contribution is 2.34. The number of thioether (sulfide) groups is 1. The first-order valence-electron chi connectivity index (χ1n) is 7.68. The molecule has 2 heterocycles. The summed E-state index contributed by atoms with van der Waals surface area (Å²) in [6.45, 7) is 8.26. The zero-order valence-electron chi connectivity index (χ0n) is 12.7. The van der Waals surface area contributed by atoms with Crippen LogP contribution in [0.25, 0.3) is 0 Å². The van der Waals surface area contributed by atoms with E-state index in [4.69, 9.17) is 9.47 Å². The van der Waals surface area contributed by atoms with Gasteiger partial charge in [-0.25, -0.2) is 0 Å². The van der Waals surface area contributed by atoms with Gasteiger partial charge in [-0.3, -0.25) is 0 Å². The Kier molecular flexibility index (Phi) is 5.58. The highest BCUT2D eigenvalue weighted by atomic mass is 32.2. The lowest BCUT2D eigenvalue weighted by Gasteiger charge is -2.39. The smallest absolute Gasteiger partial charge is 0.0951 e. The third-order valence-corrected chi connectivity index (χ3v) is 6.58. The van der Waals surface area contributed by atoms with Gasteiger partial charge in [-0.2, -0.15) is 11.8 Å². The minimum Gasteiger partial charge on any atom is -0.378 e. The fraction of sp³-hybridized carbons (Fsp3) is 1.00. The van der Waals surface area contributed by atoms with Crippen LogP contribution in [-0.2, 0) is 9.47 Å². The third kappa shape index (κ3) is 3.66. The van der Waals surface area contributed by atoms with Crippen LogP contribution in [0.1, 0.15) is 46.0 Å². The second kappa shape index (κ2) is 6.79. The number of rotatable bonds is 6. The molecule has 0 aliphatic carbocycles. The minimum absolute atomic E-state index is 0.0242. The van der Waals surface area contributed by atoms with Crippen LogP contribution in [0.15, 0.2) is 0 Å². The molecule has 0 bridgehead atoms. The molecule has 2 rings (SSSR count). The molecule has 1 N–H and O–H groups in total. The van der Waals surface area contributed by atoms with Crippen LogP contribution in [0.3, 0.4) is 0 Å². The van der Waals surface area contributed by atoms with E-state index in [2.05, 4.69) is 25.4 Å². The van der Waals surface area contributed by atoms with Gasteiger partial charge in [0.15, 0.2) is 0 Å². The first kappa shape index (κ1) is 15.6. The van der Waals surface area contributed by atoms with Gasteiger partial charge in [-0.05, 0) is 31.9 Å². The Hall–Kier alpha value is 0.230. The first-order valence-corrected chi connectivity index (χ1v) is 8.90.